The largest absolute Gasteiger partial charge is 0.370 e. The molecule has 0 fully saturated rings. The number of primary amides is 4. The lowest BCUT2D eigenvalue weighted by Gasteiger charge is -2.06. The van der Waals surface area contributed by atoms with Gasteiger partial charge in [-0.15, -0.1) is 0 Å². The number of nitrogens with two attached hydrogens (primary N) is 6. The molecule has 0 aliphatic carbocycles. The van der Waals surface area contributed by atoms with Gasteiger partial charge in [-0.1, -0.05) is 0 Å². The molecule has 0 aliphatic heterocycles. The molecule has 0 spiro atoms. The second kappa shape index (κ2) is 37.9. The first-order chi connectivity index (χ1) is 14.0. The van der Waals surface area contributed by atoms with E-state index in [-0.39, 0.29) is 29.5 Å². The van der Waals surface area contributed by atoms with Crippen LogP contribution < -0.4 is 50.6 Å². The molecule has 0 rings (SSSR count). The molecule has 0 unspecified atom stereocenters. The zero-order valence-electron chi connectivity index (χ0n) is 19.9. The van der Waals surface area contributed by atoms with E-state index in [0.29, 0.717) is 19.1 Å². The van der Waals surface area contributed by atoms with Crippen molar-refractivity contribution in [3.63, 3.8) is 0 Å². The summed E-state index contributed by atoms with van der Waals surface area (Å²) in [6.45, 7) is 13.7. The fourth-order valence-electron chi connectivity index (χ4n) is 0.575. The maximum absolute atomic E-state index is 10.2. The molecule has 14 heteroatoms. The summed E-state index contributed by atoms with van der Waals surface area (Å²) in [6.07, 6.45) is 0. The fourth-order valence-corrected chi connectivity index (χ4v) is 0.575. The third-order valence-corrected chi connectivity index (χ3v) is 1.18. The highest BCUT2D eigenvalue weighted by Crippen LogP contribution is 1.69. The molecule has 0 aromatic rings. The van der Waals surface area contributed by atoms with Gasteiger partial charge in [0, 0.05) is 66.8 Å². The van der Waals surface area contributed by atoms with Gasteiger partial charge in [0.15, 0.2) is 0 Å². The molecule has 0 saturated heterocycles. The zero-order chi connectivity index (χ0) is 26.4. The SMILES string of the molecule is CC(=O)NNC(C)C.CC(N)=O.CC(N)=O.CC(N)=O.CC(N)=O.NCCNCCN. The summed E-state index contributed by atoms with van der Waals surface area (Å²) >= 11 is 0. The average Bonchev–Trinajstić information content (AvgIpc) is 2.52. The Labute approximate surface area is 185 Å². The van der Waals surface area contributed by atoms with Gasteiger partial charge in [-0.25, -0.2) is 5.43 Å². The van der Waals surface area contributed by atoms with Gasteiger partial charge < -0.3 is 39.7 Å². The van der Waals surface area contributed by atoms with Gasteiger partial charge in [-0.3, -0.25) is 29.4 Å². The quantitative estimate of drug-likeness (QED) is 0.141. The lowest BCUT2D eigenvalue weighted by Crippen LogP contribution is -2.40. The Morgan fingerprint density at radius 1 is 0.645 bits per heavy atom. The summed E-state index contributed by atoms with van der Waals surface area (Å²) in [5, 5.41) is 3.03. The van der Waals surface area contributed by atoms with Gasteiger partial charge in [0.05, 0.1) is 0 Å². The average molecular weight is 456 g/mol. The van der Waals surface area contributed by atoms with Crippen LogP contribution in [0.2, 0.25) is 0 Å². The highest BCUT2D eigenvalue weighted by molar-refractivity contribution is 5.72. The Bertz CT molecular complexity index is 380. The highest BCUT2D eigenvalue weighted by Gasteiger charge is 1.90. The number of carbonyl (C=O) groups is 5. The molecule has 0 saturated carbocycles. The maximum atomic E-state index is 10.2. The zero-order valence-corrected chi connectivity index (χ0v) is 19.9. The van der Waals surface area contributed by atoms with Crippen LogP contribution in [0.5, 0.6) is 0 Å². The fraction of sp³-hybridized carbons (Fsp3) is 0.706. The monoisotopic (exact) mass is 455 g/mol. The predicted molar refractivity (Wildman–Crippen MR) is 123 cm³/mol. The van der Waals surface area contributed by atoms with Crippen LogP contribution in [0.1, 0.15) is 48.5 Å². The topological polar surface area (TPSA) is 278 Å². The third kappa shape index (κ3) is 450. The van der Waals surface area contributed by atoms with Crippen LogP contribution in [0.4, 0.5) is 0 Å². The first kappa shape index (κ1) is 42.3. The van der Waals surface area contributed by atoms with E-state index in [1.807, 2.05) is 13.8 Å². The van der Waals surface area contributed by atoms with Crippen LogP contribution in [0.3, 0.4) is 0 Å². The number of nitrogens with one attached hydrogen (secondary N) is 3. The molecular formula is C17H45N9O5. The molecule has 0 heterocycles. The lowest BCUT2D eigenvalue weighted by atomic mass is 10.4. The van der Waals surface area contributed by atoms with Gasteiger partial charge in [0.1, 0.15) is 0 Å². The highest BCUT2D eigenvalue weighted by atomic mass is 16.2. The number of rotatable bonds is 6. The van der Waals surface area contributed by atoms with Crippen LogP contribution in [-0.2, 0) is 24.0 Å². The Kier molecular flexibility index (Phi) is 51.7. The third-order valence-electron chi connectivity index (χ3n) is 1.18. The Hall–Kier alpha value is -2.81. The molecule has 0 atom stereocenters. The van der Waals surface area contributed by atoms with Gasteiger partial charge in [-0.05, 0) is 13.8 Å². The maximum Gasteiger partial charge on any atom is 0.230 e. The van der Waals surface area contributed by atoms with Crippen molar-refractivity contribution in [1.29, 1.82) is 0 Å². The van der Waals surface area contributed by atoms with E-state index in [1.54, 1.807) is 0 Å². The number of amides is 5. The van der Waals surface area contributed by atoms with E-state index in [2.05, 4.69) is 39.1 Å². The predicted octanol–water partition coefficient (Wildman–Crippen LogP) is -3.50. The van der Waals surface area contributed by atoms with Crippen LogP contribution in [0.25, 0.3) is 0 Å². The van der Waals surface area contributed by atoms with Crippen molar-refractivity contribution in [3.8, 4) is 0 Å². The van der Waals surface area contributed by atoms with Crippen molar-refractivity contribution in [2.75, 3.05) is 26.2 Å². The summed E-state index contributed by atoms with van der Waals surface area (Å²) < 4.78 is 0. The Morgan fingerprint density at radius 3 is 0.968 bits per heavy atom. The van der Waals surface area contributed by atoms with Crippen LogP contribution in [0.15, 0.2) is 0 Å². The summed E-state index contributed by atoms with van der Waals surface area (Å²) in [7, 11) is 0. The molecule has 0 radical (unpaired) electrons. The molecular weight excluding hydrogens is 410 g/mol. The van der Waals surface area contributed by atoms with Crippen molar-refractivity contribution < 1.29 is 24.0 Å². The second-order valence-corrected chi connectivity index (χ2v) is 5.75. The summed E-state index contributed by atoms with van der Waals surface area (Å²) in [6, 6.07) is 0.305. The smallest absolute Gasteiger partial charge is 0.230 e. The van der Waals surface area contributed by atoms with Gasteiger partial charge in [0.25, 0.3) is 0 Å². The van der Waals surface area contributed by atoms with Crippen molar-refractivity contribution >= 4 is 29.5 Å². The minimum absolute atomic E-state index is 0.0568. The number of hydrazine groups is 1. The minimum atomic E-state index is -0.333. The van der Waals surface area contributed by atoms with Crippen molar-refractivity contribution in [1.82, 2.24) is 16.2 Å². The van der Waals surface area contributed by atoms with Crippen molar-refractivity contribution in [3.05, 3.63) is 0 Å². The van der Waals surface area contributed by atoms with E-state index < -0.39 is 0 Å². The van der Waals surface area contributed by atoms with E-state index in [0.717, 1.165) is 13.1 Å². The van der Waals surface area contributed by atoms with Gasteiger partial charge in [-0.2, -0.15) is 0 Å². The molecule has 0 aromatic carbocycles. The van der Waals surface area contributed by atoms with Gasteiger partial charge >= 0.3 is 0 Å². The van der Waals surface area contributed by atoms with Crippen molar-refractivity contribution in [2.45, 2.75) is 54.5 Å². The van der Waals surface area contributed by atoms with E-state index in [9.17, 15) is 24.0 Å². The van der Waals surface area contributed by atoms with Crippen LogP contribution in [-0.4, -0.2) is 61.8 Å². The minimum Gasteiger partial charge on any atom is -0.370 e. The molecule has 188 valence electrons. The van der Waals surface area contributed by atoms with E-state index >= 15 is 0 Å². The molecule has 14 nitrogen and oxygen atoms in total. The van der Waals surface area contributed by atoms with Crippen LogP contribution in [0, 0.1) is 0 Å². The van der Waals surface area contributed by atoms with Crippen LogP contribution >= 0.6 is 0 Å². The van der Waals surface area contributed by atoms with E-state index in [1.165, 1.54) is 34.6 Å². The normalized spacial score (nSPS) is 7.81. The van der Waals surface area contributed by atoms with Crippen molar-refractivity contribution in [2.24, 2.45) is 34.4 Å². The molecule has 15 N–H and O–H groups in total. The first-order valence-corrected chi connectivity index (χ1v) is 9.14. The molecule has 0 bridgehead atoms. The Balaban J connectivity index is -0.0000000624. The standard InChI is InChI=1S/C5H12N2O.C4H13N3.4C2H5NO/c1-4(2)6-7-5(3)8;5-1-3-7-4-2-6;4*1-2(3)4/h4,6H,1-3H3,(H,7,8);7H,1-6H2;4*1H3,(H2,3,4). The molecule has 5 amide bonds. The van der Waals surface area contributed by atoms with Gasteiger partial charge in [0.2, 0.25) is 29.5 Å². The number of hydrogen-bond donors (Lipinski definition) is 9. The molecule has 0 aliphatic rings. The molecule has 0 aromatic heterocycles. The summed E-state index contributed by atoms with van der Waals surface area (Å²) in [5.41, 5.74) is 33.4. The first-order valence-electron chi connectivity index (χ1n) is 9.14. The number of hydrogen-bond acceptors (Lipinski definition) is 9. The van der Waals surface area contributed by atoms with E-state index in [4.69, 9.17) is 11.5 Å². The summed E-state index contributed by atoms with van der Waals surface area (Å²) in [5.74, 6) is -1.39. The summed E-state index contributed by atoms with van der Waals surface area (Å²) in [4.78, 5) is 47.1. The number of carbonyl (C=O) groups excluding carboxylic acids is 5. The lowest BCUT2D eigenvalue weighted by molar-refractivity contribution is -0.120. The molecule has 31 heavy (non-hydrogen) atoms. The Morgan fingerprint density at radius 2 is 0.871 bits per heavy atom. The second-order valence-electron chi connectivity index (χ2n) is 5.75.